The number of ether oxygens (including phenoxy) is 1. The maximum Gasteiger partial charge on any atom is 0.342 e. The lowest BCUT2D eigenvalue weighted by atomic mass is 10.0. The van der Waals surface area contributed by atoms with Gasteiger partial charge in [0.25, 0.3) is 5.69 Å². The van der Waals surface area contributed by atoms with Gasteiger partial charge in [0.1, 0.15) is 5.56 Å². The molecule has 1 saturated heterocycles. The molecule has 20 heavy (non-hydrogen) atoms. The molecule has 1 heterocycles. The molecule has 1 fully saturated rings. The quantitative estimate of drug-likeness (QED) is 0.632. The molecule has 7 nitrogen and oxygen atoms in total. The fourth-order valence-electron chi connectivity index (χ4n) is 2.28. The minimum absolute atomic E-state index is 0.112. The summed E-state index contributed by atoms with van der Waals surface area (Å²) < 4.78 is 5.31. The van der Waals surface area contributed by atoms with Gasteiger partial charge in [0, 0.05) is 30.3 Å². The van der Waals surface area contributed by atoms with Gasteiger partial charge in [-0.3, -0.25) is 10.1 Å². The zero-order valence-corrected chi connectivity index (χ0v) is 11.0. The van der Waals surface area contributed by atoms with E-state index in [9.17, 15) is 14.9 Å². The van der Waals surface area contributed by atoms with Gasteiger partial charge in [-0.05, 0) is 25.5 Å². The van der Waals surface area contributed by atoms with E-state index >= 15 is 0 Å². The van der Waals surface area contributed by atoms with Crippen molar-refractivity contribution in [1.29, 1.82) is 0 Å². The van der Waals surface area contributed by atoms with Crippen LogP contribution in [0.1, 0.15) is 23.7 Å². The van der Waals surface area contributed by atoms with Crippen LogP contribution in [0.4, 0.5) is 11.4 Å². The van der Waals surface area contributed by atoms with Crippen LogP contribution in [0.15, 0.2) is 18.2 Å². The second kappa shape index (κ2) is 5.87. The van der Waals surface area contributed by atoms with E-state index in [4.69, 9.17) is 9.84 Å². The molecule has 7 heteroatoms. The third-order valence-corrected chi connectivity index (χ3v) is 3.49. The van der Waals surface area contributed by atoms with E-state index in [2.05, 4.69) is 5.32 Å². The van der Waals surface area contributed by atoms with Crippen molar-refractivity contribution in [2.75, 3.05) is 18.5 Å². The van der Waals surface area contributed by atoms with Crippen LogP contribution < -0.4 is 5.32 Å². The van der Waals surface area contributed by atoms with Crippen molar-refractivity contribution < 1.29 is 19.6 Å². The molecule has 2 atom stereocenters. The molecule has 1 aliphatic heterocycles. The number of hydrogen-bond acceptors (Lipinski definition) is 5. The molecule has 1 aliphatic rings. The first-order valence-corrected chi connectivity index (χ1v) is 6.35. The van der Waals surface area contributed by atoms with Crippen LogP contribution in [0.25, 0.3) is 0 Å². The zero-order chi connectivity index (χ0) is 14.7. The highest BCUT2D eigenvalue weighted by atomic mass is 16.6. The van der Waals surface area contributed by atoms with E-state index in [1.807, 2.05) is 6.92 Å². The van der Waals surface area contributed by atoms with Gasteiger partial charge < -0.3 is 15.2 Å². The molecule has 2 unspecified atom stereocenters. The van der Waals surface area contributed by atoms with Gasteiger partial charge in [-0.25, -0.2) is 4.79 Å². The lowest BCUT2D eigenvalue weighted by Crippen LogP contribution is -2.26. The number of nitro benzene ring substituents is 1. The number of carbonyl (C=O) groups is 1. The molecule has 0 aliphatic carbocycles. The van der Waals surface area contributed by atoms with E-state index in [1.165, 1.54) is 18.2 Å². The Hall–Kier alpha value is -2.15. The summed E-state index contributed by atoms with van der Waals surface area (Å²) in [4.78, 5) is 21.1. The standard InChI is InChI=1S/C13H16N2O5/c1-8(9-4-5-20-7-9)14-10-2-3-12(15(18)19)11(6-10)13(16)17/h2-3,6,8-9,14H,4-5,7H2,1H3,(H,16,17). The molecular formula is C13H16N2O5. The summed E-state index contributed by atoms with van der Waals surface area (Å²) in [7, 11) is 0. The number of anilines is 1. The van der Waals surface area contributed by atoms with Crippen molar-refractivity contribution in [2.45, 2.75) is 19.4 Å². The van der Waals surface area contributed by atoms with E-state index in [1.54, 1.807) is 0 Å². The Balaban J connectivity index is 2.18. The van der Waals surface area contributed by atoms with Gasteiger partial charge in [-0.1, -0.05) is 0 Å². The maximum absolute atomic E-state index is 11.1. The van der Waals surface area contributed by atoms with Crippen molar-refractivity contribution >= 4 is 17.3 Å². The number of hydrogen-bond donors (Lipinski definition) is 2. The predicted molar refractivity (Wildman–Crippen MR) is 72.1 cm³/mol. The number of nitrogens with one attached hydrogen (secondary N) is 1. The molecule has 0 aromatic heterocycles. The van der Waals surface area contributed by atoms with Gasteiger partial charge in [0.2, 0.25) is 0 Å². The Labute approximate surface area is 115 Å². The number of carboxylic acid groups (broad SMARTS) is 1. The van der Waals surface area contributed by atoms with Gasteiger partial charge in [0.05, 0.1) is 11.5 Å². The molecule has 1 aromatic rings. The normalized spacial score (nSPS) is 19.6. The summed E-state index contributed by atoms with van der Waals surface area (Å²) in [6.45, 7) is 3.39. The van der Waals surface area contributed by atoms with Crippen molar-refractivity contribution in [2.24, 2.45) is 5.92 Å². The fourth-order valence-corrected chi connectivity index (χ4v) is 2.28. The zero-order valence-electron chi connectivity index (χ0n) is 11.0. The monoisotopic (exact) mass is 280 g/mol. The number of rotatable bonds is 5. The minimum Gasteiger partial charge on any atom is -0.477 e. The molecule has 0 spiro atoms. The summed E-state index contributed by atoms with van der Waals surface area (Å²) in [6, 6.07) is 4.15. The van der Waals surface area contributed by atoms with Gasteiger partial charge in [-0.2, -0.15) is 0 Å². The number of nitro groups is 1. The van der Waals surface area contributed by atoms with Crippen molar-refractivity contribution in [1.82, 2.24) is 0 Å². The molecule has 0 radical (unpaired) electrons. The average Bonchev–Trinajstić information content (AvgIpc) is 2.92. The lowest BCUT2D eigenvalue weighted by Gasteiger charge is -2.20. The molecular weight excluding hydrogens is 264 g/mol. The van der Waals surface area contributed by atoms with Crippen LogP contribution in [-0.4, -0.2) is 35.3 Å². The number of carboxylic acids is 1. The molecule has 0 amide bonds. The highest BCUT2D eigenvalue weighted by Gasteiger charge is 2.24. The highest BCUT2D eigenvalue weighted by Crippen LogP contribution is 2.25. The van der Waals surface area contributed by atoms with Crippen molar-refractivity contribution in [3.8, 4) is 0 Å². The third-order valence-electron chi connectivity index (χ3n) is 3.49. The molecule has 0 saturated carbocycles. The Morgan fingerprint density at radius 2 is 2.35 bits per heavy atom. The summed E-state index contributed by atoms with van der Waals surface area (Å²) in [6.07, 6.45) is 0.951. The van der Waals surface area contributed by atoms with E-state index < -0.39 is 16.6 Å². The van der Waals surface area contributed by atoms with Crippen LogP contribution in [-0.2, 0) is 4.74 Å². The fraction of sp³-hybridized carbons (Fsp3) is 0.462. The van der Waals surface area contributed by atoms with E-state index in [0.29, 0.717) is 18.2 Å². The van der Waals surface area contributed by atoms with E-state index in [0.717, 1.165) is 13.0 Å². The van der Waals surface area contributed by atoms with E-state index in [-0.39, 0.29) is 11.6 Å². The third kappa shape index (κ3) is 3.05. The minimum atomic E-state index is -1.31. The van der Waals surface area contributed by atoms with Gasteiger partial charge >= 0.3 is 5.97 Å². The maximum atomic E-state index is 11.1. The number of benzene rings is 1. The smallest absolute Gasteiger partial charge is 0.342 e. The average molecular weight is 280 g/mol. The van der Waals surface area contributed by atoms with Crippen LogP contribution in [0.5, 0.6) is 0 Å². The summed E-state index contributed by atoms with van der Waals surface area (Å²) >= 11 is 0. The van der Waals surface area contributed by atoms with Gasteiger partial charge in [0.15, 0.2) is 0 Å². The molecule has 0 bridgehead atoms. The van der Waals surface area contributed by atoms with Crippen molar-refractivity contribution in [3.63, 3.8) is 0 Å². The number of aromatic carboxylic acids is 1. The topological polar surface area (TPSA) is 102 Å². The predicted octanol–water partition coefficient (Wildman–Crippen LogP) is 2.13. The number of nitrogens with zero attached hydrogens (tertiary/aromatic N) is 1. The SMILES string of the molecule is CC(Nc1ccc([N+](=O)[O-])c(C(=O)O)c1)C1CCOC1. The largest absolute Gasteiger partial charge is 0.477 e. The van der Waals surface area contributed by atoms with Crippen LogP contribution >= 0.6 is 0 Å². The summed E-state index contributed by atoms with van der Waals surface area (Å²) in [5.74, 6) is -0.948. The highest BCUT2D eigenvalue weighted by molar-refractivity contribution is 5.93. The molecule has 2 N–H and O–H groups in total. The Morgan fingerprint density at radius 1 is 1.60 bits per heavy atom. The van der Waals surface area contributed by atoms with Crippen LogP contribution in [0.2, 0.25) is 0 Å². The second-order valence-corrected chi connectivity index (χ2v) is 4.85. The Kier molecular flexibility index (Phi) is 4.19. The van der Waals surface area contributed by atoms with Gasteiger partial charge in [-0.15, -0.1) is 0 Å². The summed E-state index contributed by atoms with van der Waals surface area (Å²) in [5, 5.41) is 23.0. The van der Waals surface area contributed by atoms with Crippen LogP contribution in [0.3, 0.4) is 0 Å². The summed E-state index contributed by atoms with van der Waals surface area (Å²) in [5.41, 5.74) is -0.151. The van der Waals surface area contributed by atoms with Crippen LogP contribution in [0, 0.1) is 16.0 Å². The van der Waals surface area contributed by atoms with Crippen molar-refractivity contribution in [3.05, 3.63) is 33.9 Å². The molecule has 2 rings (SSSR count). The Bertz CT molecular complexity index is 525. The Morgan fingerprint density at radius 3 is 2.90 bits per heavy atom. The molecule has 108 valence electrons. The lowest BCUT2D eigenvalue weighted by molar-refractivity contribution is -0.385. The molecule has 1 aromatic carbocycles. The first-order valence-electron chi connectivity index (χ1n) is 6.35. The second-order valence-electron chi connectivity index (χ2n) is 4.85. The first kappa shape index (κ1) is 14.3. The first-order chi connectivity index (χ1) is 9.49.